The van der Waals surface area contributed by atoms with Gasteiger partial charge in [0.15, 0.2) is 5.75 Å². The Hall–Kier alpha value is -5.12. The second-order valence-corrected chi connectivity index (χ2v) is 9.10. The van der Waals surface area contributed by atoms with Crippen LogP contribution in [0.4, 0.5) is 13.2 Å². The van der Waals surface area contributed by atoms with Gasteiger partial charge in [0.25, 0.3) is 5.91 Å². The van der Waals surface area contributed by atoms with Gasteiger partial charge in [-0.3, -0.25) is 4.79 Å². The molecule has 0 fully saturated rings. The number of carbonyl (C=O) groups is 2. The average molecular weight is 560 g/mol. The Labute approximate surface area is 233 Å². The summed E-state index contributed by atoms with van der Waals surface area (Å²) >= 11 is 0. The molecule has 10 heteroatoms. The number of nitrogens with one attached hydrogen (secondary N) is 1. The first-order chi connectivity index (χ1) is 19.7. The number of amides is 1. The van der Waals surface area contributed by atoms with E-state index in [1.807, 2.05) is 36.4 Å². The van der Waals surface area contributed by atoms with Crippen molar-refractivity contribution in [1.82, 2.24) is 15.1 Å². The lowest BCUT2D eigenvalue weighted by molar-refractivity contribution is -0.137. The number of aromatic nitrogens is 2. The summed E-state index contributed by atoms with van der Waals surface area (Å²) in [6.07, 6.45) is -2.05. The lowest BCUT2D eigenvalue weighted by atomic mass is 10.0. The minimum absolute atomic E-state index is 0.212. The molecule has 4 aromatic carbocycles. The zero-order chi connectivity index (χ0) is 29.0. The number of aldehydes is 1. The van der Waals surface area contributed by atoms with Crippen LogP contribution in [0.5, 0.6) is 17.2 Å². The number of nitrogens with zero attached hydrogens (tertiary/aromatic N) is 2. The molecule has 1 N–H and O–H groups in total. The minimum Gasteiger partial charge on any atom is -0.497 e. The van der Waals surface area contributed by atoms with Gasteiger partial charge in [0.05, 0.1) is 24.6 Å². The number of rotatable bonds is 9. The minimum atomic E-state index is -4.51. The van der Waals surface area contributed by atoms with E-state index in [1.54, 1.807) is 31.4 Å². The number of ether oxygens (including phenoxy) is 2. The highest BCUT2D eigenvalue weighted by Crippen LogP contribution is 2.36. The van der Waals surface area contributed by atoms with E-state index in [9.17, 15) is 22.8 Å². The molecule has 0 radical (unpaired) electrons. The fourth-order valence-electron chi connectivity index (χ4n) is 4.24. The number of halogens is 3. The van der Waals surface area contributed by atoms with Crippen molar-refractivity contribution in [2.24, 2.45) is 0 Å². The molecule has 1 heterocycles. The molecule has 0 bridgehead atoms. The SMILES string of the molecule is COc1ccc2cc(-c3nn(-c4cccc(C(F)(F)F)c4)cc3Oc3ccc(C(=O)NCCC=O)cc3)ccc2c1. The second-order valence-electron chi connectivity index (χ2n) is 9.10. The normalized spacial score (nSPS) is 11.3. The lowest BCUT2D eigenvalue weighted by Gasteiger charge is -2.08. The summed E-state index contributed by atoms with van der Waals surface area (Å²) in [7, 11) is 1.59. The smallest absolute Gasteiger partial charge is 0.416 e. The largest absolute Gasteiger partial charge is 0.497 e. The van der Waals surface area contributed by atoms with Gasteiger partial charge >= 0.3 is 6.18 Å². The first-order valence-electron chi connectivity index (χ1n) is 12.6. The molecule has 7 nitrogen and oxygen atoms in total. The molecule has 5 rings (SSSR count). The monoisotopic (exact) mass is 559 g/mol. The average Bonchev–Trinajstić information content (AvgIpc) is 3.40. The van der Waals surface area contributed by atoms with Gasteiger partial charge in [-0.15, -0.1) is 0 Å². The Balaban J connectivity index is 1.52. The molecule has 1 aromatic heterocycles. The van der Waals surface area contributed by atoms with Gasteiger partial charge < -0.3 is 19.6 Å². The summed E-state index contributed by atoms with van der Waals surface area (Å²) in [5.74, 6) is 1.08. The van der Waals surface area contributed by atoms with E-state index in [2.05, 4.69) is 10.4 Å². The maximum atomic E-state index is 13.4. The van der Waals surface area contributed by atoms with Crippen LogP contribution in [0.1, 0.15) is 22.3 Å². The third-order valence-electron chi connectivity index (χ3n) is 6.33. The number of carbonyl (C=O) groups excluding carboxylic acids is 2. The molecule has 5 aromatic rings. The number of fused-ring (bicyclic) bond motifs is 1. The van der Waals surface area contributed by atoms with Crippen molar-refractivity contribution in [3.8, 4) is 34.2 Å². The van der Waals surface area contributed by atoms with Crippen molar-refractivity contribution in [1.29, 1.82) is 0 Å². The van der Waals surface area contributed by atoms with Crippen LogP contribution in [0, 0.1) is 0 Å². The molecular formula is C31H24F3N3O4. The van der Waals surface area contributed by atoms with E-state index in [-0.39, 0.29) is 24.6 Å². The molecule has 0 atom stereocenters. The van der Waals surface area contributed by atoms with E-state index >= 15 is 0 Å². The van der Waals surface area contributed by atoms with Crippen LogP contribution in [0.15, 0.2) is 91.1 Å². The van der Waals surface area contributed by atoms with Crippen LogP contribution >= 0.6 is 0 Å². The Morgan fingerprint density at radius 1 is 0.951 bits per heavy atom. The van der Waals surface area contributed by atoms with E-state index in [0.717, 1.165) is 29.2 Å². The van der Waals surface area contributed by atoms with Crippen LogP contribution in [-0.4, -0.2) is 35.6 Å². The molecular weight excluding hydrogens is 535 g/mol. The molecule has 41 heavy (non-hydrogen) atoms. The number of alkyl halides is 3. The van der Waals surface area contributed by atoms with Gasteiger partial charge in [-0.25, -0.2) is 4.68 Å². The van der Waals surface area contributed by atoms with Crippen molar-refractivity contribution in [3.05, 3.63) is 102 Å². The van der Waals surface area contributed by atoms with Crippen LogP contribution in [-0.2, 0) is 11.0 Å². The van der Waals surface area contributed by atoms with E-state index in [0.29, 0.717) is 34.1 Å². The van der Waals surface area contributed by atoms with Crippen molar-refractivity contribution < 1.29 is 32.2 Å². The lowest BCUT2D eigenvalue weighted by Crippen LogP contribution is -2.24. The summed E-state index contributed by atoms with van der Waals surface area (Å²) in [5.41, 5.74) is 0.901. The van der Waals surface area contributed by atoms with E-state index in [4.69, 9.17) is 9.47 Å². The predicted molar refractivity (Wildman–Crippen MR) is 148 cm³/mol. The highest BCUT2D eigenvalue weighted by molar-refractivity contribution is 5.94. The summed E-state index contributed by atoms with van der Waals surface area (Å²) in [4.78, 5) is 22.7. The zero-order valence-corrected chi connectivity index (χ0v) is 21.8. The molecule has 1 amide bonds. The van der Waals surface area contributed by atoms with Gasteiger partial charge in [-0.1, -0.05) is 24.3 Å². The Kier molecular flexibility index (Phi) is 7.73. The highest BCUT2D eigenvalue weighted by atomic mass is 19.4. The van der Waals surface area contributed by atoms with Crippen molar-refractivity contribution in [2.45, 2.75) is 12.6 Å². The second kappa shape index (κ2) is 11.5. The molecule has 0 aliphatic rings. The maximum absolute atomic E-state index is 13.4. The van der Waals surface area contributed by atoms with Gasteiger partial charge in [0.1, 0.15) is 23.5 Å². The van der Waals surface area contributed by atoms with Gasteiger partial charge in [-0.05, 0) is 71.4 Å². The molecule has 0 aliphatic heterocycles. The summed E-state index contributed by atoms with van der Waals surface area (Å²) in [5, 5.41) is 9.10. The zero-order valence-electron chi connectivity index (χ0n) is 21.8. The summed E-state index contributed by atoms with van der Waals surface area (Å²) < 4.78 is 53.0. The number of benzene rings is 4. The molecule has 0 aliphatic carbocycles. The number of methoxy groups -OCH3 is 1. The summed E-state index contributed by atoms with van der Waals surface area (Å²) in [6.45, 7) is 0.233. The fourth-order valence-corrected chi connectivity index (χ4v) is 4.24. The molecule has 0 unspecified atom stereocenters. The van der Waals surface area contributed by atoms with Crippen molar-refractivity contribution >= 4 is 23.0 Å². The van der Waals surface area contributed by atoms with E-state index < -0.39 is 11.7 Å². The maximum Gasteiger partial charge on any atom is 0.416 e. The topological polar surface area (TPSA) is 82.4 Å². The quantitative estimate of drug-likeness (QED) is 0.158. The van der Waals surface area contributed by atoms with Crippen molar-refractivity contribution in [3.63, 3.8) is 0 Å². The van der Waals surface area contributed by atoms with Gasteiger partial charge in [0, 0.05) is 24.1 Å². The molecule has 0 saturated carbocycles. The Bertz CT molecular complexity index is 1710. The van der Waals surface area contributed by atoms with Crippen LogP contribution in [0.2, 0.25) is 0 Å². The van der Waals surface area contributed by atoms with Crippen LogP contribution < -0.4 is 14.8 Å². The van der Waals surface area contributed by atoms with Crippen molar-refractivity contribution in [2.75, 3.05) is 13.7 Å². The Morgan fingerprint density at radius 3 is 2.41 bits per heavy atom. The Morgan fingerprint density at radius 2 is 1.68 bits per heavy atom. The molecule has 208 valence electrons. The third kappa shape index (κ3) is 6.22. The first kappa shape index (κ1) is 27.4. The summed E-state index contributed by atoms with van der Waals surface area (Å²) in [6, 6.07) is 22.5. The number of hydrogen-bond donors (Lipinski definition) is 1. The highest BCUT2D eigenvalue weighted by Gasteiger charge is 2.30. The molecule has 0 saturated heterocycles. The van der Waals surface area contributed by atoms with Gasteiger partial charge in [-0.2, -0.15) is 18.3 Å². The van der Waals surface area contributed by atoms with E-state index in [1.165, 1.54) is 23.0 Å². The van der Waals surface area contributed by atoms with Gasteiger partial charge in [0.2, 0.25) is 0 Å². The predicted octanol–water partition coefficient (Wildman–Crippen LogP) is 6.83. The van der Waals surface area contributed by atoms with Crippen LogP contribution in [0.3, 0.4) is 0 Å². The van der Waals surface area contributed by atoms with Crippen LogP contribution in [0.25, 0.3) is 27.7 Å². The fraction of sp³-hybridized carbons (Fsp3) is 0.129. The first-order valence-corrected chi connectivity index (χ1v) is 12.6. The standard InChI is InChI=1S/C31H24F3N3O4/c1-40-27-13-10-21-16-23(7-6-22(21)17-27)29-28(19-37(36-29)25-5-2-4-24(18-25)31(32,33)34)41-26-11-8-20(9-12-26)30(39)35-14-3-15-38/h2,4-13,15-19H,3,14H2,1H3,(H,35,39). The third-order valence-corrected chi connectivity index (χ3v) is 6.33. The number of hydrogen-bond acceptors (Lipinski definition) is 5. The molecule has 0 spiro atoms.